The molecule has 0 unspecified atom stereocenters. The molecular formula is C37H49NO11. The summed E-state index contributed by atoms with van der Waals surface area (Å²) in [6.45, 7) is 5.03. The standard InChI is InChI=1S/C37H49NO11/c39-35(30-48-31-36(40)41)38-16-17-42-18-19-43-20-21-44-22-23-45-24-25-46-26-27-47-28-29-49-37(32-10-4-1-5-11-32,33-12-6-2-7-13-33)34-14-8-3-9-15-34/h1-15H,16-31H2,(H,38,39)(H,40,41). The van der Waals surface area contributed by atoms with E-state index in [-0.39, 0.29) is 6.61 Å². The molecule has 268 valence electrons. The lowest BCUT2D eigenvalue weighted by Gasteiger charge is -2.36. The highest BCUT2D eigenvalue weighted by Gasteiger charge is 2.37. The molecule has 0 radical (unpaired) electrons. The second-order valence-electron chi connectivity index (χ2n) is 10.5. The van der Waals surface area contributed by atoms with E-state index in [1.54, 1.807) is 0 Å². The van der Waals surface area contributed by atoms with Gasteiger partial charge in [-0.25, -0.2) is 4.79 Å². The molecular weight excluding hydrogens is 634 g/mol. The minimum absolute atomic E-state index is 0.299. The average molecular weight is 684 g/mol. The Morgan fingerprint density at radius 1 is 0.469 bits per heavy atom. The monoisotopic (exact) mass is 683 g/mol. The predicted octanol–water partition coefficient (Wildman–Crippen LogP) is 3.31. The van der Waals surface area contributed by atoms with Crippen molar-refractivity contribution in [1.29, 1.82) is 0 Å². The number of carboxylic acid groups (broad SMARTS) is 1. The van der Waals surface area contributed by atoms with Crippen LogP contribution in [0.3, 0.4) is 0 Å². The van der Waals surface area contributed by atoms with Crippen molar-refractivity contribution < 1.29 is 52.6 Å². The van der Waals surface area contributed by atoms with Crippen LogP contribution in [-0.2, 0) is 53.1 Å². The molecule has 3 rings (SSSR count). The highest BCUT2D eigenvalue weighted by molar-refractivity contribution is 5.77. The molecule has 12 nitrogen and oxygen atoms in total. The lowest BCUT2D eigenvalue weighted by atomic mass is 9.80. The molecule has 0 spiro atoms. The van der Waals surface area contributed by atoms with E-state index >= 15 is 0 Å². The van der Waals surface area contributed by atoms with Gasteiger partial charge in [-0.3, -0.25) is 4.79 Å². The summed E-state index contributed by atoms with van der Waals surface area (Å²) in [7, 11) is 0. The number of carbonyl (C=O) groups is 2. The van der Waals surface area contributed by atoms with E-state index in [1.807, 2.05) is 54.6 Å². The predicted molar refractivity (Wildman–Crippen MR) is 182 cm³/mol. The Hall–Kier alpha value is -3.72. The fraction of sp³-hybridized carbons (Fsp3) is 0.459. The number of carboxylic acids is 1. The number of hydrogen-bond donors (Lipinski definition) is 2. The van der Waals surface area contributed by atoms with Crippen molar-refractivity contribution in [3.05, 3.63) is 108 Å². The number of amides is 1. The summed E-state index contributed by atoms with van der Waals surface area (Å²) in [5, 5.41) is 11.0. The summed E-state index contributed by atoms with van der Waals surface area (Å²) < 4.78 is 44.6. The molecule has 2 N–H and O–H groups in total. The van der Waals surface area contributed by atoms with E-state index in [1.165, 1.54) is 0 Å². The number of aliphatic carboxylic acids is 1. The second kappa shape index (κ2) is 25.3. The van der Waals surface area contributed by atoms with Gasteiger partial charge in [0.2, 0.25) is 5.91 Å². The van der Waals surface area contributed by atoms with Gasteiger partial charge in [0.25, 0.3) is 0 Å². The molecule has 12 heteroatoms. The first-order valence-corrected chi connectivity index (χ1v) is 16.5. The van der Waals surface area contributed by atoms with Gasteiger partial charge in [-0.05, 0) is 16.7 Å². The minimum Gasteiger partial charge on any atom is -0.480 e. The van der Waals surface area contributed by atoms with Crippen LogP contribution in [0.1, 0.15) is 16.7 Å². The van der Waals surface area contributed by atoms with E-state index in [0.717, 1.165) is 16.7 Å². The number of carbonyl (C=O) groups excluding carboxylic acids is 1. The first-order chi connectivity index (χ1) is 24.1. The Balaban J connectivity index is 1.15. The third-order valence-electron chi connectivity index (χ3n) is 6.97. The van der Waals surface area contributed by atoms with Crippen LogP contribution in [0.4, 0.5) is 0 Å². The van der Waals surface area contributed by atoms with Crippen molar-refractivity contribution in [1.82, 2.24) is 5.32 Å². The van der Waals surface area contributed by atoms with Crippen LogP contribution in [0.2, 0.25) is 0 Å². The number of nitrogens with one attached hydrogen (secondary N) is 1. The maximum atomic E-state index is 11.4. The van der Waals surface area contributed by atoms with Gasteiger partial charge >= 0.3 is 5.97 Å². The van der Waals surface area contributed by atoms with Crippen LogP contribution in [0.25, 0.3) is 0 Å². The highest BCUT2D eigenvalue weighted by atomic mass is 16.6. The molecule has 0 aliphatic rings. The van der Waals surface area contributed by atoms with Crippen molar-refractivity contribution in [2.24, 2.45) is 0 Å². The Kier molecular flexibility index (Phi) is 20.5. The van der Waals surface area contributed by atoms with Crippen LogP contribution >= 0.6 is 0 Å². The summed E-state index contributed by atoms with van der Waals surface area (Å²) in [5.74, 6) is -1.52. The van der Waals surface area contributed by atoms with Crippen LogP contribution in [0.5, 0.6) is 0 Å². The number of benzene rings is 3. The SMILES string of the molecule is O=C(O)COCC(=O)NCCOCCOCCOCCOCCOCCOCCOC(c1ccccc1)(c1ccccc1)c1ccccc1. The molecule has 0 bridgehead atoms. The molecule has 3 aromatic carbocycles. The van der Waals surface area contributed by atoms with Gasteiger partial charge in [0.15, 0.2) is 0 Å². The molecule has 0 fully saturated rings. The normalized spacial score (nSPS) is 11.4. The average Bonchev–Trinajstić information content (AvgIpc) is 3.13. The summed E-state index contributed by atoms with van der Waals surface area (Å²) in [5.41, 5.74) is 2.40. The highest BCUT2D eigenvalue weighted by Crippen LogP contribution is 2.40. The molecule has 0 saturated carbocycles. The quantitative estimate of drug-likeness (QED) is 0.0823. The molecule has 0 aliphatic heterocycles. The fourth-order valence-corrected chi connectivity index (χ4v) is 4.77. The van der Waals surface area contributed by atoms with Crippen LogP contribution in [-0.4, -0.2) is 123 Å². The first-order valence-electron chi connectivity index (χ1n) is 16.5. The van der Waals surface area contributed by atoms with E-state index in [0.29, 0.717) is 92.4 Å². The number of ether oxygens (including phenoxy) is 8. The largest absolute Gasteiger partial charge is 0.480 e. The second-order valence-corrected chi connectivity index (χ2v) is 10.5. The molecule has 0 aliphatic carbocycles. The summed E-state index contributed by atoms with van der Waals surface area (Å²) in [4.78, 5) is 21.7. The van der Waals surface area contributed by atoms with Gasteiger partial charge in [0.05, 0.1) is 85.9 Å². The van der Waals surface area contributed by atoms with E-state index in [4.69, 9.17) is 38.3 Å². The lowest BCUT2D eigenvalue weighted by Crippen LogP contribution is -2.34. The fourth-order valence-electron chi connectivity index (χ4n) is 4.77. The Bertz CT molecular complexity index is 1170. The van der Waals surface area contributed by atoms with E-state index in [2.05, 4.69) is 46.5 Å². The van der Waals surface area contributed by atoms with Gasteiger partial charge in [0.1, 0.15) is 18.8 Å². The van der Waals surface area contributed by atoms with Gasteiger partial charge in [-0.1, -0.05) is 91.0 Å². The molecule has 3 aromatic rings. The third kappa shape index (κ3) is 16.0. The van der Waals surface area contributed by atoms with Gasteiger partial charge < -0.3 is 48.3 Å². The smallest absolute Gasteiger partial charge is 0.329 e. The maximum absolute atomic E-state index is 11.4. The Morgan fingerprint density at radius 2 is 0.816 bits per heavy atom. The number of rotatable bonds is 29. The van der Waals surface area contributed by atoms with Gasteiger partial charge in [-0.2, -0.15) is 0 Å². The summed E-state index contributed by atoms with van der Waals surface area (Å²) in [6.07, 6.45) is 0. The van der Waals surface area contributed by atoms with Crippen molar-refractivity contribution in [3.8, 4) is 0 Å². The van der Waals surface area contributed by atoms with Crippen LogP contribution in [0.15, 0.2) is 91.0 Å². The molecule has 0 heterocycles. The summed E-state index contributed by atoms with van der Waals surface area (Å²) in [6, 6.07) is 30.8. The van der Waals surface area contributed by atoms with Crippen molar-refractivity contribution >= 4 is 11.9 Å². The Labute approximate surface area is 288 Å². The lowest BCUT2D eigenvalue weighted by molar-refractivity contribution is -0.143. The van der Waals surface area contributed by atoms with Gasteiger partial charge in [-0.15, -0.1) is 0 Å². The van der Waals surface area contributed by atoms with Crippen molar-refractivity contribution in [2.75, 3.05) is 106 Å². The maximum Gasteiger partial charge on any atom is 0.329 e. The first kappa shape index (κ1) is 39.7. The van der Waals surface area contributed by atoms with Gasteiger partial charge in [0, 0.05) is 6.54 Å². The molecule has 0 atom stereocenters. The number of hydrogen-bond acceptors (Lipinski definition) is 10. The minimum atomic E-state index is -1.12. The third-order valence-corrected chi connectivity index (χ3v) is 6.97. The van der Waals surface area contributed by atoms with Crippen LogP contribution in [0, 0.1) is 0 Å². The topological polar surface area (TPSA) is 140 Å². The van der Waals surface area contributed by atoms with E-state index < -0.39 is 24.1 Å². The zero-order chi connectivity index (χ0) is 34.7. The molecule has 49 heavy (non-hydrogen) atoms. The summed E-state index contributed by atoms with van der Waals surface area (Å²) >= 11 is 0. The molecule has 0 aromatic heterocycles. The van der Waals surface area contributed by atoms with Crippen molar-refractivity contribution in [3.63, 3.8) is 0 Å². The Morgan fingerprint density at radius 3 is 1.18 bits per heavy atom. The zero-order valence-corrected chi connectivity index (χ0v) is 28.0. The zero-order valence-electron chi connectivity index (χ0n) is 28.0. The molecule has 0 saturated heterocycles. The van der Waals surface area contributed by atoms with Crippen molar-refractivity contribution in [2.45, 2.75) is 5.60 Å². The molecule has 1 amide bonds. The van der Waals surface area contributed by atoms with Crippen LogP contribution < -0.4 is 5.32 Å². The van der Waals surface area contributed by atoms with E-state index in [9.17, 15) is 9.59 Å².